The molecule has 0 fully saturated rings. The molecule has 2 rings (SSSR count). The van der Waals surface area contributed by atoms with E-state index in [-0.39, 0.29) is 47.2 Å². The van der Waals surface area contributed by atoms with Gasteiger partial charge in [-0.2, -0.15) is 14.4 Å². The van der Waals surface area contributed by atoms with Gasteiger partial charge in [0.25, 0.3) is 5.88 Å². The molecular formula is C10H10FN4NaO. The normalized spacial score (nSPS) is 9.47. The average molecular weight is 244 g/mol. The Labute approximate surface area is 119 Å². The molecule has 7 heteroatoms. The molecule has 0 aliphatic carbocycles. The molecule has 0 atom stereocenters. The number of anilines is 2. The van der Waals surface area contributed by atoms with Crippen LogP contribution in [-0.4, -0.2) is 39.5 Å². The summed E-state index contributed by atoms with van der Waals surface area (Å²) in [5, 5.41) is 0. The number of hydrogen-bond donors (Lipinski definition) is 2. The predicted molar refractivity (Wildman–Crippen MR) is 64.5 cm³/mol. The van der Waals surface area contributed by atoms with Crippen LogP contribution in [0.25, 0.3) is 0 Å². The second-order valence-electron chi connectivity index (χ2n) is 3.00. The Morgan fingerprint density at radius 2 is 1.71 bits per heavy atom. The zero-order valence-corrected chi connectivity index (χ0v) is 8.22. The van der Waals surface area contributed by atoms with E-state index in [0.717, 1.165) is 0 Å². The Kier molecular flexibility index (Phi) is 4.68. The average Bonchev–Trinajstić information content (AvgIpc) is 2.27. The van der Waals surface area contributed by atoms with Crippen molar-refractivity contribution in [1.29, 1.82) is 0 Å². The van der Waals surface area contributed by atoms with Gasteiger partial charge < -0.3 is 16.2 Å². The maximum atomic E-state index is 13.4. The van der Waals surface area contributed by atoms with E-state index in [0.29, 0.717) is 5.75 Å². The van der Waals surface area contributed by atoms with Crippen molar-refractivity contribution in [2.24, 2.45) is 0 Å². The summed E-state index contributed by atoms with van der Waals surface area (Å²) >= 11 is 0. The van der Waals surface area contributed by atoms with Crippen LogP contribution >= 0.6 is 0 Å². The Bertz CT molecular complexity index is 509. The number of para-hydroxylation sites is 1. The van der Waals surface area contributed by atoms with Gasteiger partial charge in [-0.25, -0.2) is 0 Å². The van der Waals surface area contributed by atoms with Gasteiger partial charge in [0.15, 0.2) is 5.82 Å². The molecule has 0 aliphatic rings. The van der Waals surface area contributed by atoms with Gasteiger partial charge in [0.05, 0.1) is 0 Å². The van der Waals surface area contributed by atoms with Crippen LogP contribution in [0.5, 0.6) is 11.6 Å². The van der Waals surface area contributed by atoms with E-state index >= 15 is 0 Å². The van der Waals surface area contributed by atoms with Crippen LogP contribution in [0, 0.1) is 5.82 Å². The number of rotatable bonds is 2. The van der Waals surface area contributed by atoms with Crippen molar-refractivity contribution in [1.82, 2.24) is 9.97 Å². The Morgan fingerprint density at radius 1 is 1.06 bits per heavy atom. The molecule has 0 bridgehead atoms. The Hall–Kier alpha value is -1.37. The molecule has 0 unspecified atom stereocenters. The van der Waals surface area contributed by atoms with E-state index in [9.17, 15) is 4.39 Å². The monoisotopic (exact) mass is 244 g/mol. The van der Waals surface area contributed by atoms with E-state index in [1.54, 1.807) is 24.3 Å². The Balaban J connectivity index is 0.00000144. The summed E-state index contributed by atoms with van der Waals surface area (Å²) in [6.07, 6.45) is 0. The molecule has 5 nitrogen and oxygen atoms in total. The quantitative estimate of drug-likeness (QED) is 0.767. The molecule has 4 N–H and O–H groups in total. The first kappa shape index (κ1) is 13.7. The van der Waals surface area contributed by atoms with Crippen LogP contribution < -0.4 is 16.2 Å². The molecule has 0 radical (unpaired) electrons. The van der Waals surface area contributed by atoms with Crippen LogP contribution in [-0.2, 0) is 0 Å². The van der Waals surface area contributed by atoms with Crippen molar-refractivity contribution in [3.05, 3.63) is 36.1 Å². The van der Waals surface area contributed by atoms with Gasteiger partial charge in [0.2, 0.25) is 11.8 Å². The molecule has 17 heavy (non-hydrogen) atoms. The van der Waals surface area contributed by atoms with Crippen LogP contribution in [0.3, 0.4) is 0 Å². The van der Waals surface area contributed by atoms with Gasteiger partial charge in [0, 0.05) is 0 Å². The van der Waals surface area contributed by atoms with E-state index < -0.39 is 5.82 Å². The molecule has 84 valence electrons. The minimum absolute atomic E-state index is 0. The number of nitrogens with zero attached hydrogens (tertiary/aromatic N) is 2. The second-order valence-corrected chi connectivity index (χ2v) is 3.00. The van der Waals surface area contributed by atoms with Crippen LogP contribution in [0.2, 0.25) is 0 Å². The molecular weight excluding hydrogens is 234 g/mol. The van der Waals surface area contributed by atoms with Crippen molar-refractivity contribution in [2.75, 3.05) is 11.5 Å². The fourth-order valence-electron chi connectivity index (χ4n) is 1.13. The van der Waals surface area contributed by atoms with Gasteiger partial charge in [-0.1, -0.05) is 18.2 Å². The molecule has 0 saturated carbocycles. The zero-order valence-electron chi connectivity index (χ0n) is 8.22. The van der Waals surface area contributed by atoms with Gasteiger partial charge in [-0.15, -0.1) is 0 Å². The Morgan fingerprint density at radius 3 is 2.35 bits per heavy atom. The fourth-order valence-corrected chi connectivity index (χ4v) is 1.13. The van der Waals surface area contributed by atoms with Crippen molar-refractivity contribution >= 4 is 41.3 Å². The summed E-state index contributed by atoms with van der Waals surface area (Å²) in [4.78, 5) is 7.08. The SMILES string of the molecule is Nc1nc(N)c(F)c(Oc2ccccc2)n1.[NaH]. The number of hydrogen-bond acceptors (Lipinski definition) is 5. The summed E-state index contributed by atoms with van der Waals surface area (Å²) in [7, 11) is 0. The topological polar surface area (TPSA) is 87.0 Å². The summed E-state index contributed by atoms with van der Waals surface area (Å²) in [6.45, 7) is 0. The summed E-state index contributed by atoms with van der Waals surface area (Å²) < 4.78 is 18.6. The number of aromatic nitrogens is 2. The van der Waals surface area contributed by atoms with E-state index in [2.05, 4.69) is 9.97 Å². The maximum absolute atomic E-state index is 13.4. The van der Waals surface area contributed by atoms with Gasteiger partial charge in [-0.05, 0) is 12.1 Å². The molecule has 1 heterocycles. The number of halogens is 1. The van der Waals surface area contributed by atoms with E-state index in [1.165, 1.54) is 0 Å². The number of benzene rings is 1. The standard InChI is InChI=1S/C10H9FN4O.Na.H/c11-7-8(12)14-10(13)15-9(7)16-6-4-2-1-3-5-6;;/h1-5H,(H4,12,13,14,15);;. The molecule has 0 amide bonds. The van der Waals surface area contributed by atoms with Crippen LogP contribution in [0.1, 0.15) is 0 Å². The summed E-state index contributed by atoms with van der Waals surface area (Å²) in [5.41, 5.74) is 10.6. The van der Waals surface area contributed by atoms with E-state index in [1.807, 2.05) is 6.07 Å². The second kappa shape index (κ2) is 5.81. The first-order valence-corrected chi connectivity index (χ1v) is 4.48. The zero-order chi connectivity index (χ0) is 11.5. The minimum atomic E-state index is -0.821. The summed E-state index contributed by atoms with van der Waals surface area (Å²) in [6, 6.07) is 8.63. The third-order valence-electron chi connectivity index (χ3n) is 1.82. The molecule has 0 aliphatic heterocycles. The number of nitrogen functional groups attached to an aromatic ring is 2. The molecule has 2 aromatic rings. The molecule has 1 aromatic carbocycles. The van der Waals surface area contributed by atoms with E-state index in [4.69, 9.17) is 16.2 Å². The first-order chi connectivity index (χ1) is 7.66. The predicted octanol–water partition coefficient (Wildman–Crippen LogP) is 0.924. The van der Waals surface area contributed by atoms with Gasteiger partial charge in [-0.3, -0.25) is 0 Å². The third kappa shape index (κ3) is 3.29. The van der Waals surface area contributed by atoms with Crippen LogP contribution in [0.15, 0.2) is 30.3 Å². The fraction of sp³-hybridized carbons (Fsp3) is 0. The first-order valence-electron chi connectivity index (χ1n) is 4.48. The van der Waals surface area contributed by atoms with Crippen molar-refractivity contribution in [2.45, 2.75) is 0 Å². The summed E-state index contributed by atoms with van der Waals surface area (Å²) in [5.74, 6) is -1.13. The number of ether oxygens (including phenoxy) is 1. The molecule has 0 spiro atoms. The number of nitrogens with two attached hydrogens (primary N) is 2. The van der Waals surface area contributed by atoms with Gasteiger partial charge >= 0.3 is 29.6 Å². The van der Waals surface area contributed by atoms with Gasteiger partial charge in [0.1, 0.15) is 5.75 Å². The van der Waals surface area contributed by atoms with Crippen LogP contribution in [0.4, 0.5) is 16.2 Å². The molecule has 1 aromatic heterocycles. The van der Waals surface area contributed by atoms with Crippen molar-refractivity contribution in [3.8, 4) is 11.6 Å². The van der Waals surface area contributed by atoms with Crippen molar-refractivity contribution in [3.63, 3.8) is 0 Å². The third-order valence-corrected chi connectivity index (χ3v) is 1.82. The van der Waals surface area contributed by atoms with Crippen molar-refractivity contribution < 1.29 is 9.13 Å². The molecule has 0 saturated heterocycles.